The van der Waals surface area contributed by atoms with Crippen LogP contribution >= 0.6 is 0 Å². The van der Waals surface area contributed by atoms with E-state index in [0.717, 1.165) is 18.7 Å². The summed E-state index contributed by atoms with van der Waals surface area (Å²) in [7, 11) is 1.86. The Hall–Kier alpha value is -1.52. The zero-order valence-corrected chi connectivity index (χ0v) is 8.05. The number of aliphatic carboxylic acids is 1. The van der Waals surface area contributed by atoms with Crippen LogP contribution in [0.1, 0.15) is 6.42 Å². The summed E-state index contributed by atoms with van der Waals surface area (Å²) >= 11 is 0. The summed E-state index contributed by atoms with van der Waals surface area (Å²) < 4.78 is 1.73. The van der Waals surface area contributed by atoms with Gasteiger partial charge in [0.15, 0.2) is 0 Å². The van der Waals surface area contributed by atoms with E-state index < -0.39 is 5.97 Å². The molecule has 1 N–H and O–H groups in total. The number of carboxylic acid groups (broad SMARTS) is 1. The summed E-state index contributed by atoms with van der Waals surface area (Å²) in [6, 6.07) is 0. The predicted molar refractivity (Wildman–Crippen MR) is 51.2 cm³/mol. The quantitative estimate of drug-likeness (QED) is 0.738. The fourth-order valence-corrected chi connectivity index (χ4v) is 1.77. The van der Waals surface area contributed by atoms with Crippen LogP contribution in [0.2, 0.25) is 0 Å². The van der Waals surface area contributed by atoms with Crippen molar-refractivity contribution in [1.29, 1.82) is 0 Å². The maximum absolute atomic E-state index is 10.7. The highest BCUT2D eigenvalue weighted by molar-refractivity contribution is 5.72. The predicted octanol–water partition coefficient (Wildman–Crippen LogP) is 0.331. The standard InChI is InChI=1S/C9H13N3O2/c1-11-6-8(4-10-11)12-3-2-7(5-12)9(13)14/h4,6-7H,2-3,5H2,1H3,(H,13,14). The first kappa shape index (κ1) is 9.05. The molecular weight excluding hydrogens is 182 g/mol. The Bertz CT molecular complexity index is 348. The number of hydrogen-bond donors (Lipinski definition) is 1. The largest absolute Gasteiger partial charge is 0.481 e. The van der Waals surface area contributed by atoms with Gasteiger partial charge in [0.2, 0.25) is 0 Å². The summed E-state index contributed by atoms with van der Waals surface area (Å²) in [4.78, 5) is 12.8. The van der Waals surface area contributed by atoms with Crippen molar-refractivity contribution in [3.05, 3.63) is 12.4 Å². The third-order valence-corrected chi connectivity index (χ3v) is 2.59. The van der Waals surface area contributed by atoms with Gasteiger partial charge >= 0.3 is 5.97 Å². The maximum Gasteiger partial charge on any atom is 0.308 e. The molecule has 0 bridgehead atoms. The van der Waals surface area contributed by atoms with Gasteiger partial charge in [-0.2, -0.15) is 5.10 Å². The van der Waals surface area contributed by atoms with Crippen LogP contribution in [-0.4, -0.2) is 33.9 Å². The number of carbonyl (C=O) groups is 1. The first-order valence-electron chi connectivity index (χ1n) is 4.63. The van der Waals surface area contributed by atoms with Gasteiger partial charge in [-0.25, -0.2) is 0 Å². The highest BCUT2D eigenvalue weighted by Crippen LogP contribution is 2.22. The Balaban J connectivity index is 2.05. The van der Waals surface area contributed by atoms with Crippen LogP contribution in [0.5, 0.6) is 0 Å². The first-order chi connectivity index (χ1) is 6.66. The minimum Gasteiger partial charge on any atom is -0.481 e. The summed E-state index contributed by atoms with van der Waals surface area (Å²) in [5.41, 5.74) is 1.01. The van der Waals surface area contributed by atoms with Gasteiger partial charge in [0, 0.05) is 26.3 Å². The average Bonchev–Trinajstić information content (AvgIpc) is 2.70. The van der Waals surface area contributed by atoms with Crippen molar-refractivity contribution in [3.63, 3.8) is 0 Å². The molecule has 14 heavy (non-hydrogen) atoms. The molecule has 1 aromatic rings. The normalized spacial score (nSPS) is 21.5. The molecule has 1 fully saturated rings. The van der Waals surface area contributed by atoms with Gasteiger partial charge < -0.3 is 10.0 Å². The molecule has 1 unspecified atom stereocenters. The molecule has 1 saturated heterocycles. The molecule has 5 heteroatoms. The number of aromatic nitrogens is 2. The number of aryl methyl sites for hydroxylation is 1. The van der Waals surface area contributed by atoms with Gasteiger partial charge in [-0.1, -0.05) is 0 Å². The van der Waals surface area contributed by atoms with E-state index >= 15 is 0 Å². The smallest absolute Gasteiger partial charge is 0.308 e. The second-order valence-electron chi connectivity index (χ2n) is 3.64. The molecular formula is C9H13N3O2. The maximum atomic E-state index is 10.7. The third kappa shape index (κ3) is 1.57. The number of nitrogens with zero attached hydrogens (tertiary/aromatic N) is 3. The topological polar surface area (TPSA) is 58.4 Å². The molecule has 1 aliphatic heterocycles. The van der Waals surface area contributed by atoms with E-state index in [2.05, 4.69) is 10.00 Å². The fourth-order valence-electron chi connectivity index (χ4n) is 1.77. The molecule has 0 radical (unpaired) electrons. The third-order valence-electron chi connectivity index (χ3n) is 2.59. The van der Waals surface area contributed by atoms with Crippen molar-refractivity contribution in [3.8, 4) is 0 Å². The Morgan fingerprint density at radius 3 is 3.00 bits per heavy atom. The summed E-state index contributed by atoms with van der Waals surface area (Å²) in [6.45, 7) is 1.41. The molecule has 0 aliphatic carbocycles. The van der Waals surface area contributed by atoms with E-state index in [4.69, 9.17) is 5.11 Å². The van der Waals surface area contributed by atoms with Gasteiger partial charge in [-0.15, -0.1) is 0 Å². The van der Waals surface area contributed by atoms with E-state index in [1.54, 1.807) is 10.9 Å². The van der Waals surface area contributed by atoms with Crippen molar-refractivity contribution in [2.45, 2.75) is 6.42 Å². The molecule has 0 spiro atoms. The lowest BCUT2D eigenvalue weighted by Crippen LogP contribution is -2.22. The van der Waals surface area contributed by atoms with Crippen molar-refractivity contribution in [1.82, 2.24) is 9.78 Å². The number of anilines is 1. The zero-order valence-electron chi connectivity index (χ0n) is 8.05. The van der Waals surface area contributed by atoms with Gasteiger partial charge in [0.05, 0.1) is 17.8 Å². The number of rotatable bonds is 2. The van der Waals surface area contributed by atoms with Crippen molar-refractivity contribution >= 4 is 11.7 Å². The lowest BCUT2D eigenvalue weighted by atomic mass is 10.1. The van der Waals surface area contributed by atoms with E-state index in [9.17, 15) is 4.79 Å². The number of carboxylic acids is 1. The van der Waals surface area contributed by atoms with Crippen LogP contribution in [0.15, 0.2) is 12.4 Å². The molecule has 0 saturated carbocycles. The second kappa shape index (κ2) is 3.32. The monoisotopic (exact) mass is 195 g/mol. The van der Waals surface area contributed by atoms with Gasteiger partial charge in [0.25, 0.3) is 0 Å². The van der Waals surface area contributed by atoms with E-state index in [1.807, 2.05) is 13.2 Å². The van der Waals surface area contributed by atoms with Crippen LogP contribution in [-0.2, 0) is 11.8 Å². The van der Waals surface area contributed by atoms with Crippen LogP contribution in [0, 0.1) is 5.92 Å². The summed E-state index contributed by atoms with van der Waals surface area (Å²) in [5, 5.41) is 12.9. The first-order valence-corrected chi connectivity index (χ1v) is 4.63. The molecule has 0 amide bonds. The highest BCUT2D eigenvalue weighted by Gasteiger charge is 2.28. The minimum absolute atomic E-state index is 0.227. The number of hydrogen-bond acceptors (Lipinski definition) is 3. The van der Waals surface area contributed by atoms with Crippen LogP contribution in [0.3, 0.4) is 0 Å². The van der Waals surface area contributed by atoms with E-state index in [-0.39, 0.29) is 5.92 Å². The van der Waals surface area contributed by atoms with E-state index in [0.29, 0.717) is 6.54 Å². The van der Waals surface area contributed by atoms with Gasteiger partial charge in [-0.3, -0.25) is 9.48 Å². The fraction of sp³-hybridized carbons (Fsp3) is 0.556. The highest BCUT2D eigenvalue weighted by atomic mass is 16.4. The van der Waals surface area contributed by atoms with Crippen LogP contribution < -0.4 is 4.90 Å². The molecule has 2 heterocycles. The Morgan fingerprint density at radius 2 is 2.50 bits per heavy atom. The van der Waals surface area contributed by atoms with E-state index in [1.165, 1.54) is 0 Å². The van der Waals surface area contributed by atoms with Gasteiger partial charge in [-0.05, 0) is 6.42 Å². The molecule has 1 atom stereocenters. The Kier molecular flexibility index (Phi) is 2.15. The van der Waals surface area contributed by atoms with Crippen LogP contribution in [0.4, 0.5) is 5.69 Å². The van der Waals surface area contributed by atoms with Crippen molar-refractivity contribution in [2.75, 3.05) is 18.0 Å². The molecule has 0 aromatic carbocycles. The molecule has 1 aliphatic rings. The average molecular weight is 195 g/mol. The second-order valence-corrected chi connectivity index (χ2v) is 3.64. The molecule has 1 aromatic heterocycles. The minimum atomic E-state index is -0.698. The zero-order chi connectivity index (χ0) is 10.1. The van der Waals surface area contributed by atoms with Crippen molar-refractivity contribution in [2.24, 2.45) is 13.0 Å². The van der Waals surface area contributed by atoms with Gasteiger partial charge in [0.1, 0.15) is 0 Å². The SMILES string of the molecule is Cn1cc(N2CCC(C(=O)O)C2)cn1. The molecule has 76 valence electrons. The molecule has 2 rings (SSSR count). The Labute approximate surface area is 81.9 Å². The lowest BCUT2D eigenvalue weighted by Gasteiger charge is -2.14. The lowest BCUT2D eigenvalue weighted by molar-refractivity contribution is -0.140. The summed E-state index contributed by atoms with van der Waals surface area (Å²) in [5.74, 6) is -0.924. The van der Waals surface area contributed by atoms with Crippen LogP contribution in [0.25, 0.3) is 0 Å². The van der Waals surface area contributed by atoms with Crippen molar-refractivity contribution < 1.29 is 9.90 Å². The Morgan fingerprint density at radius 1 is 1.71 bits per heavy atom. The molecule has 5 nitrogen and oxygen atoms in total. The summed E-state index contributed by atoms with van der Waals surface area (Å²) in [6.07, 6.45) is 4.40.